The second kappa shape index (κ2) is 6.85. The van der Waals surface area contributed by atoms with Gasteiger partial charge in [-0.1, -0.05) is 19.9 Å². The van der Waals surface area contributed by atoms with Gasteiger partial charge in [0.2, 0.25) is 5.91 Å². The molecule has 0 aliphatic heterocycles. The van der Waals surface area contributed by atoms with Crippen LogP contribution in [0.2, 0.25) is 0 Å². The van der Waals surface area contributed by atoms with Gasteiger partial charge >= 0.3 is 0 Å². The van der Waals surface area contributed by atoms with Gasteiger partial charge in [-0.25, -0.2) is 0 Å². The fourth-order valence-electron chi connectivity index (χ4n) is 1.48. The van der Waals surface area contributed by atoms with Crippen molar-refractivity contribution < 1.29 is 9.53 Å². The van der Waals surface area contributed by atoms with Crippen molar-refractivity contribution in [2.75, 3.05) is 13.0 Å². The summed E-state index contributed by atoms with van der Waals surface area (Å²) in [5.74, 6) is 0.102. The van der Waals surface area contributed by atoms with Crippen molar-refractivity contribution in [3.05, 3.63) is 11.8 Å². The molecule has 0 saturated carbocycles. The van der Waals surface area contributed by atoms with Crippen LogP contribution in [0.15, 0.2) is 11.8 Å². The lowest BCUT2D eigenvalue weighted by molar-refractivity contribution is -0.136. The molecular formula is C11H20ClNO2. The zero-order chi connectivity index (χ0) is 12.0. The molecule has 0 aromatic carbocycles. The first-order chi connectivity index (χ1) is 6.99. The van der Waals surface area contributed by atoms with Crippen molar-refractivity contribution in [1.82, 2.24) is 4.90 Å². The number of carbonyl (C=O) groups is 1. The Morgan fingerprint density at radius 1 is 1.47 bits per heavy atom. The molecule has 1 unspecified atom stereocenters. The number of hydrogen-bond donors (Lipinski definition) is 0. The average molecular weight is 234 g/mol. The minimum Gasteiger partial charge on any atom is -0.361 e. The van der Waals surface area contributed by atoms with Crippen molar-refractivity contribution in [3.8, 4) is 0 Å². The van der Waals surface area contributed by atoms with Gasteiger partial charge in [0, 0.05) is 12.8 Å². The maximum absolute atomic E-state index is 11.7. The van der Waals surface area contributed by atoms with Crippen LogP contribution in [0.1, 0.15) is 27.7 Å². The van der Waals surface area contributed by atoms with E-state index < -0.39 is 0 Å². The highest BCUT2D eigenvalue weighted by molar-refractivity contribution is 6.27. The number of halogens is 1. The molecule has 0 aromatic heterocycles. The number of rotatable bonds is 5. The van der Waals surface area contributed by atoms with Crippen LogP contribution < -0.4 is 0 Å². The Morgan fingerprint density at radius 2 is 2.00 bits per heavy atom. The van der Waals surface area contributed by atoms with E-state index in [0.29, 0.717) is 0 Å². The highest BCUT2D eigenvalue weighted by atomic mass is 35.5. The highest BCUT2D eigenvalue weighted by Gasteiger charge is 2.24. The summed E-state index contributed by atoms with van der Waals surface area (Å²) in [5, 5.41) is 0. The first-order valence-corrected chi connectivity index (χ1v) is 5.60. The molecule has 4 heteroatoms. The molecule has 0 spiro atoms. The molecule has 0 bridgehead atoms. The zero-order valence-electron chi connectivity index (χ0n) is 10.1. The maximum Gasteiger partial charge on any atom is 0.243 e. The number of nitrogens with zero attached hydrogens (tertiary/aromatic N) is 1. The van der Waals surface area contributed by atoms with E-state index in [-0.39, 0.29) is 23.9 Å². The molecular weight excluding hydrogens is 214 g/mol. The molecule has 0 aliphatic rings. The number of alkyl halides is 1. The smallest absolute Gasteiger partial charge is 0.243 e. The van der Waals surface area contributed by atoms with E-state index in [1.165, 1.54) is 0 Å². The van der Waals surface area contributed by atoms with E-state index in [2.05, 4.69) is 0 Å². The summed E-state index contributed by atoms with van der Waals surface area (Å²) in [6, 6.07) is 0. The minimum absolute atomic E-state index is 0.0300. The molecule has 15 heavy (non-hydrogen) atoms. The van der Waals surface area contributed by atoms with Crippen LogP contribution in [-0.2, 0) is 9.53 Å². The van der Waals surface area contributed by atoms with Crippen molar-refractivity contribution >= 4 is 17.5 Å². The van der Waals surface area contributed by atoms with Crippen LogP contribution in [-0.4, -0.2) is 30.0 Å². The molecule has 0 aromatic rings. The Hall–Kier alpha value is -0.540. The Morgan fingerprint density at radius 3 is 2.27 bits per heavy atom. The fourth-order valence-corrected chi connectivity index (χ4v) is 1.61. The predicted molar refractivity (Wildman–Crippen MR) is 62.6 cm³/mol. The van der Waals surface area contributed by atoms with E-state index in [4.69, 9.17) is 16.3 Å². The molecule has 3 nitrogen and oxygen atoms in total. The van der Waals surface area contributed by atoms with Crippen molar-refractivity contribution in [3.63, 3.8) is 0 Å². The van der Waals surface area contributed by atoms with Crippen LogP contribution in [0.25, 0.3) is 0 Å². The van der Waals surface area contributed by atoms with Gasteiger partial charge in [0.25, 0.3) is 0 Å². The third kappa shape index (κ3) is 3.84. The first-order valence-electron chi connectivity index (χ1n) is 5.06. The zero-order valence-corrected chi connectivity index (χ0v) is 10.8. The summed E-state index contributed by atoms with van der Waals surface area (Å²) in [4.78, 5) is 13.3. The van der Waals surface area contributed by atoms with Crippen LogP contribution in [0.5, 0.6) is 0 Å². The standard InChI is InChI=1S/C11H20ClNO2/c1-6-10(8(2)3)13(9(4)15-5)11(14)7-12/h6,8-9H,7H2,1-5H3/b10-6-. The lowest BCUT2D eigenvalue weighted by atomic mass is 10.1. The number of hydrogen-bond acceptors (Lipinski definition) is 2. The van der Waals surface area contributed by atoms with Crippen LogP contribution in [0.3, 0.4) is 0 Å². The van der Waals surface area contributed by atoms with Crippen molar-refractivity contribution in [2.24, 2.45) is 5.92 Å². The lowest BCUT2D eigenvalue weighted by Crippen LogP contribution is -2.41. The number of allylic oxidation sites excluding steroid dienone is 2. The SMILES string of the molecule is C/C=C(/C(C)C)N(C(=O)CCl)C(C)OC. The fraction of sp³-hybridized carbons (Fsp3) is 0.727. The summed E-state index contributed by atoms with van der Waals surface area (Å²) < 4.78 is 5.17. The third-order valence-corrected chi connectivity index (χ3v) is 2.48. The molecule has 1 atom stereocenters. The van der Waals surface area contributed by atoms with E-state index >= 15 is 0 Å². The molecule has 88 valence electrons. The number of methoxy groups -OCH3 is 1. The second-order valence-corrected chi connectivity index (χ2v) is 3.87. The van der Waals surface area contributed by atoms with Crippen molar-refractivity contribution in [2.45, 2.75) is 33.9 Å². The topological polar surface area (TPSA) is 29.5 Å². The molecule has 0 N–H and O–H groups in total. The Balaban J connectivity index is 5.00. The van der Waals surface area contributed by atoms with Gasteiger partial charge in [-0.2, -0.15) is 0 Å². The minimum atomic E-state index is -0.287. The summed E-state index contributed by atoms with van der Waals surface area (Å²) in [7, 11) is 1.58. The molecule has 0 saturated heterocycles. The summed E-state index contributed by atoms with van der Waals surface area (Å²) in [6.45, 7) is 7.81. The Labute approximate surface area is 97.0 Å². The molecule has 0 radical (unpaired) electrons. The number of ether oxygens (including phenoxy) is 1. The van der Waals surface area contributed by atoms with Gasteiger partial charge in [0.1, 0.15) is 12.1 Å². The molecule has 1 amide bonds. The molecule has 0 rings (SSSR count). The predicted octanol–water partition coefficient (Wildman–Crippen LogP) is 2.61. The monoisotopic (exact) mass is 233 g/mol. The maximum atomic E-state index is 11.7. The van der Waals surface area contributed by atoms with Crippen LogP contribution in [0.4, 0.5) is 0 Å². The number of carbonyl (C=O) groups excluding carboxylic acids is 1. The second-order valence-electron chi connectivity index (χ2n) is 3.60. The number of amides is 1. The normalized spacial score (nSPS) is 14.2. The van der Waals surface area contributed by atoms with E-state index in [0.717, 1.165) is 5.70 Å². The highest BCUT2D eigenvalue weighted by Crippen LogP contribution is 2.19. The summed E-state index contributed by atoms with van der Waals surface area (Å²) in [6.07, 6.45) is 1.63. The quantitative estimate of drug-likeness (QED) is 0.540. The van der Waals surface area contributed by atoms with E-state index in [1.54, 1.807) is 12.0 Å². The van der Waals surface area contributed by atoms with Gasteiger partial charge < -0.3 is 4.74 Å². The van der Waals surface area contributed by atoms with Crippen molar-refractivity contribution in [1.29, 1.82) is 0 Å². The molecule has 0 heterocycles. The molecule has 0 aliphatic carbocycles. The van der Waals surface area contributed by atoms with Gasteiger partial charge in [-0.3, -0.25) is 9.69 Å². The third-order valence-electron chi connectivity index (χ3n) is 2.25. The largest absolute Gasteiger partial charge is 0.361 e. The van der Waals surface area contributed by atoms with Gasteiger partial charge in [-0.15, -0.1) is 11.6 Å². The Kier molecular flexibility index (Phi) is 6.61. The molecule has 0 fully saturated rings. The van der Waals surface area contributed by atoms with Gasteiger partial charge in [0.15, 0.2) is 0 Å². The van der Waals surface area contributed by atoms with Gasteiger partial charge in [-0.05, 0) is 19.8 Å². The Bertz CT molecular complexity index is 239. The van der Waals surface area contributed by atoms with E-state index in [9.17, 15) is 4.79 Å². The summed E-state index contributed by atoms with van der Waals surface area (Å²) in [5.41, 5.74) is 0.940. The average Bonchev–Trinajstić information content (AvgIpc) is 2.23. The van der Waals surface area contributed by atoms with E-state index in [1.807, 2.05) is 33.8 Å². The van der Waals surface area contributed by atoms with Crippen LogP contribution in [0, 0.1) is 5.92 Å². The summed E-state index contributed by atoms with van der Waals surface area (Å²) >= 11 is 5.58. The lowest BCUT2D eigenvalue weighted by Gasteiger charge is -2.31. The van der Waals surface area contributed by atoms with Crippen LogP contribution >= 0.6 is 11.6 Å². The first kappa shape index (κ1) is 14.5. The van der Waals surface area contributed by atoms with Gasteiger partial charge in [0.05, 0.1) is 0 Å².